The van der Waals surface area contributed by atoms with E-state index < -0.39 is 0 Å². The molecule has 21 heavy (non-hydrogen) atoms. The number of urea groups is 1. The number of aryl methyl sites for hydroxylation is 1. The standard InChI is InChI=1S/C17H21N3O/c1-3-18-17(21)20-12-11-19-10-4-5-15(19)16(20)14-8-6-13(2)7-9-14/h4-10,16H,3,11-12H2,1-2H3,(H,18,21). The molecule has 4 nitrogen and oxygen atoms in total. The van der Waals surface area contributed by atoms with Gasteiger partial charge in [0.15, 0.2) is 0 Å². The lowest BCUT2D eigenvalue weighted by atomic mass is 9.99. The van der Waals surface area contributed by atoms with Gasteiger partial charge in [-0.05, 0) is 31.5 Å². The molecule has 2 amide bonds. The summed E-state index contributed by atoms with van der Waals surface area (Å²) in [5.41, 5.74) is 3.57. The van der Waals surface area contributed by atoms with E-state index in [2.05, 4.69) is 59.4 Å². The van der Waals surface area contributed by atoms with E-state index in [-0.39, 0.29) is 12.1 Å². The van der Waals surface area contributed by atoms with Gasteiger partial charge in [-0.25, -0.2) is 4.79 Å². The van der Waals surface area contributed by atoms with Gasteiger partial charge in [0.2, 0.25) is 0 Å². The Morgan fingerprint density at radius 2 is 2.00 bits per heavy atom. The maximum absolute atomic E-state index is 12.4. The first-order chi connectivity index (χ1) is 10.2. The zero-order valence-corrected chi connectivity index (χ0v) is 12.5. The summed E-state index contributed by atoms with van der Waals surface area (Å²) in [6.45, 7) is 6.26. The molecule has 0 bridgehead atoms. The number of amides is 2. The minimum atomic E-state index is -0.0131. The second kappa shape index (κ2) is 5.64. The van der Waals surface area contributed by atoms with Crippen LogP contribution in [0.4, 0.5) is 4.79 Å². The van der Waals surface area contributed by atoms with Gasteiger partial charge in [-0.2, -0.15) is 0 Å². The molecule has 2 aromatic rings. The molecule has 0 fully saturated rings. The Bertz CT molecular complexity index is 630. The average molecular weight is 283 g/mol. The number of nitrogens with zero attached hydrogens (tertiary/aromatic N) is 2. The van der Waals surface area contributed by atoms with Gasteiger partial charge in [0, 0.05) is 31.5 Å². The number of fused-ring (bicyclic) bond motifs is 1. The van der Waals surface area contributed by atoms with Gasteiger partial charge in [-0.3, -0.25) is 0 Å². The third-order valence-corrected chi connectivity index (χ3v) is 4.02. The zero-order chi connectivity index (χ0) is 14.8. The molecule has 0 aliphatic carbocycles. The molecule has 0 saturated heterocycles. The molecule has 0 radical (unpaired) electrons. The van der Waals surface area contributed by atoms with Crippen molar-refractivity contribution in [3.63, 3.8) is 0 Å². The van der Waals surface area contributed by atoms with Crippen LogP contribution < -0.4 is 5.32 Å². The van der Waals surface area contributed by atoms with Crippen LogP contribution in [0.5, 0.6) is 0 Å². The monoisotopic (exact) mass is 283 g/mol. The highest BCUT2D eigenvalue weighted by molar-refractivity contribution is 5.75. The number of hydrogen-bond donors (Lipinski definition) is 1. The predicted octanol–water partition coefficient (Wildman–Crippen LogP) is 2.93. The maximum atomic E-state index is 12.4. The highest BCUT2D eigenvalue weighted by atomic mass is 16.2. The molecule has 1 aliphatic heterocycles. The smallest absolute Gasteiger partial charge is 0.318 e. The quantitative estimate of drug-likeness (QED) is 0.904. The lowest BCUT2D eigenvalue weighted by Gasteiger charge is -2.37. The molecular weight excluding hydrogens is 262 g/mol. The van der Waals surface area contributed by atoms with Crippen molar-refractivity contribution < 1.29 is 4.79 Å². The predicted molar refractivity (Wildman–Crippen MR) is 83.2 cm³/mol. The highest BCUT2D eigenvalue weighted by Gasteiger charge is 2.31. The summed E-state index contributed by atoms with van der Waals surface area (Å²) in [5.74, 6) is 0. The molecule has 0 saturated carbocycles. The van der Waals surface area contributed by atoms with Crippen LogP contribution in [0.1, 0.15) is 29.8 Å². The van der Waals surface area contributed by atoms with Gasteiger partial charge >= 0.3 is 6.03 Å². The van der Waals surface area contributed by atoms with Crippen molar-refractivity contribution in [3.05, 3.63) is 59.4 Å². The van der Waals surface area contributed by atoms with Crippen molar-refractivity contribution in [1.82, 2.24) is 14.8 Å². The first-order valence-corrected chi connectivity index (χ1v) is 7.46. The Morgan fingerprint density at radius 1 is 1.24 bits per heavy atom. The van der Waals surface area contributed by atoms with E-state index in [9.17, 15) is 4.79 Å². The summed E-state index contributed by atoms with van der Waals surface area (Å²) in [6, 6.07) is 12.6. The zero-order valence-electron chi connectivity index (χ0n) is 12.5. The van der Waals surface area contributed by atoms with Gasteiger partial charge < -0.3 is 14.8 Å². The molecule has 4 heteroatoms. The van der Waals surface area contributed by atoms with Crippen molar-refractivity contribution in [3.8, 4) is 0 Å². The lowest BCUT2D eigenvalue weighted by Crippen LogP contribution is -2.47. The highest BCUT2D eigenvalue weighted by Crippen LogP contribution is 2.32. The fraction of sp³-hybridized carbons (Fsp3) is 0.353. The molecule has 3 rings (SSSR count). The minimum absolute atomic E-state index is 0.00975. The maximum Gasteiger partial charge on any atom is 0.318 e. The summed E-state index contributed by atoms with van der Waals surface area (Å²) >= 11 is 0. The number of aromatic nitrogens is 1. The molecule has 1 aliphatic rings. The molecular formula is C17H21N3O. The molecule has 110 valence electrons. The molecule has 1 aromatic heterocycles. The normalized spacial score (nSPS) is 17.4. The Balaban J connectivity index is 2.01. The Hall–Kier alpha value is -2.23. The van der Waals surface area contributed by atoms with Gasteiger partial charge in [-0.1, -0.05) is 29.8 Å². The van der Waals surface area contributed by atoms with E-state index in [4.69, 9.17) is 0 Å². The summed E-state index contributed by atoms with van der Waals surface area (Å²) in [6.07, 6.45) is 2.09. The van der Waals surface area contributed by atoms with Crippen molar-refractivity contribution in [2.75, 3.05) is 13.1 Å². The summed E-state index contributed by atoms with van der Waals surface area (Å²) in [5, 5.41) is 2.93. The van der Waals surface area contributed by atoms with E-state index in [1.165, 1.54) is 11.3 Å². The fourth-order valence-corrected chi connectivity index (χ4v) is 2.95. The summed E-state index contributed by atoms with van der Waals surface area (Å²) < 4.78 is 2.24. The topological polar surface area (TPSA) is 37.3 Å². The van der Waals surface area contributed by atoms with Crippen LogP contribution in [-0.4, -0.2) is 28.6 Å². The second-order valence-electron chi connectivity index (χ2n) is 5.47. The van der Waals surface area contributed by atoms with Crippen LogP contribution in [0.2, 0.25) is 0 Å². The van der Waals surface area contributed by atoms with Crippen LogP contribution in [0.3, 0.4) is 0 Å². The fourth-order valence-electron chi connectivity index (χ4n) is 2.95. The van der Waals surface area contributed by atoms with Gasteiger partial charge in [0.1, 0.15) is 0 Å². The van der Waals surface area contributed by atoms with Crippen molar-refractivity contribution in [2.24, 2.45) is 0 Å². The van der Waals surface area contributed by atoms with Crippen LogP contribution in [0, 0.1) is 6.92 Å². The first kappa shape index (κ1) is 13.7. The Kier molecular flexibility index (Phi) is 3.69. The van der Waals surface area contributed by atoms with E-state index in [1.807, 2.05) is 11.8 Å². The number of hydrogen-bond acceptors (Lipinski definition) is 1. The number of rotatable bonds is 2. The molecule has 1 atom stereocenters. The van der Waals surface area contributed by atoms with E-state index in [0.717, 1.165) is 18.7 Å². The minimum Gasteiger partial charge on any atom is -0.348 e. The number of benzene rings is 1. The number of carbonyl (C=O) groups is 1. The van der Waals surface area contributed by atoms with Crippen LogP contribution >= 0.6 is 0 Å². The van der Waals surface area contributed by atoms with Gasteiger partial charge in [0.25, 0.3) is 0 Å². The van der Waals surface area contributed by atoms with Crippen LogP contribution in [0.15, 0.2) is 42.6 Å². The molecule has 2 heterocycles. The van der Waals surface area contributed by atoms with Crippen molar-refractivity contribution in [1.29, 1.82) is 0 Å². The molecule has 1 aromatic carbocycles. The summed E-state index contributed by atoms with van der Waals surface area (Å²) in [7, 11) is 0. The number of nitrogens with one attached hydrogen (secondary N) is 1. The van der Waals surface area contributed by atoms with Crippen molar-refractivity contribution in [2.45, 2.75) is 26.4 Å². The average Bonchev–Trinajstić information content (AvgIpc) is 2.96. The van der Waals surface area contributed by atoms with Crippen LogP contribution in [0.25, 0.3) is 0 Å². The SMILES string of the molecule is CCNC(=O)N1CCn2cccc2C1c1ccc(C)cc1. The Labute approximate surface area is 125 Å². The molecule has 1 N–H and O–H groups in total. The second-order valence-corrected chi connectivity index (χ2v) is 5.47. The van der Waals surface area contributed by atoms with Gasteiger partial charge in [0.05, 0.1) is 6.04 Å². The first-order valence-electron chi connectivity index (χ1n) is 7.46. The number of carbonyl (C=O) groups excluding carboxylic acids is 1. The lowest BCUT2D eigenvalue weighted by molar-refractivity contribution is 0.169. The largest absolute Gasteiger partial charge is 0.348 e. The van der Waals surface area contributed by atoms with Gasteiger partial charge in [-0.15, -0.1) is 0 Å². The van der Waals surface area contributed by atoms with E-state index in [0.29, 0.717) is 6.54 Å². The van der Waals surface area contributed by atoms with Crippen molar-refractivity contribution >= 4 is 6.03 Å². The van der Waals surface area contributed by atoms with E-state index >= 15 is 0 Å². The molecule has 1 unspecified atom stereocenters. The third-order valence-electron chi connectivity index (χ3n) is 4.02. The van der Waals surface area contributed by atoms with E-state index in [1.54, 1.807) is 0 Å². The summed E-state index contributed by atoms with van der Waals surface area (Å²) in [4.78, 5) is 14.3. The third kappa shape index (κ3) is 2.53. The Morgan fingerprint density at radius 3 is 2.71 bits per heavy atom. The molecule has 0 spiro atoms. The van der Waals surface area contributed by atoms with Crippen LogP contribution in [-0.2, 0) is 6.54 Å².